The Morgan fingerprint density at radius 3 is 2.53 bits per heavy atom. The number of hydrogen-bond donors (Lipinski definition) is 1. The van der Waals surface area contributed by atoms with Crippen LogP contribution in [-0.2, 0) is 6.54 Å². The molecule has 0 aliphatic heterocycles. The van der Waals surface area contributed by atoms with Crippen molar-refractivity contribution in [3.8, 4) is 5.75 Å². The molecule has 2 nitrogen and oxygen atoms in total. The number of benzene rings is 1. The van der Waals surface area contributed by atoms with Gasteiger partial charge in [-0.1, -0.05) is 23.7 Å². The van der Waals surface area contributed by atoms with Gasteiger partial charge in [0.2, 0.25) is 0 Å². The fourth-order valence-corrected chi connectivity index (χ4v) is 1.51. The average molecular weight is 264 g/mol. The number of alkyl halides is 2. The molecule has 1 aromatic carbocycles. The zero-order valence-corrected chi connectivity index (χ0v) is 10.8. The molecule has 0 aliphatic carbocycles. The van der Waals surface area contributed by atoms with E-state index in [1.807, 2.05) is 20.8 Å². The smallest absolute Gasteiger partial charge is 0.387 e. The Morgan fingerprint density at radius 2 is 2.00 bits per heavy atom. The van der Waals surface area contributed by atoms with Crippen molar-refractivity contribution in [3.63, 3.8) is 0 Å². The van der Waals surface area contributed by atoms with Crippen LogP contribution in [0.3, 0.4) is 0 Å². The number of ether oxygens (including phenoxy) is 1. The third kappa shape index (κ3) is 4.88. The topological polar surface area (TPSA) is 21.3 Å². The number of para-hydroxylation sites is 1. The number of rotatable bonds is 4. The van der Waals surface area contributed by atoms with E-state index >= 15 is 0 Å². The predicted molar refractivity (Wildman–Crippen MR) is 64.7 cm³/mol. The Balaban J connectivity index is 2.87. The first kappa shape index (κ1) is 14.2. The van der Waals surface area contributed by atoms with Crippen LogP contribution in [0.1, 0.15) is 26.3 Å². The summed E-state index contributed by atoms with van der Waals surface area (Å²) in [6.07, 6.45) is 0. The van der Waals surface area contributed by atoms with Crippen molar-refractivity contribution in [1.29, 1.82) is 0 Å². The molecule has 0 bridgehead atoms. The first-order valence-corrected chi connectivity index (χ1v) is 5.64. The van der Waals surface area contributed by atoms with Gasteiger partial charge in [0.25, 0.3) is 0 Å². The Kier molecular flexibility index (Phi) is 4.71. The lowest BCUT2D eigenvalue weighted by molar-refractivity contribution is -0.0504. The highest BCUT2D eigenvalue weighted by molar-refractivity contribution is 6.32. The van der Waals surface area contributed by atoms with E-state index in [1.54, 1.807) is 12.1 Å². The molecule has 0 radical (unpaired) electrons. The van der Waals surface area contributed by atoms with Gasteiger partial charge in [0.15, 0.2) is 0 Å². The van der Waals surface area contributed by atoms with Crippen molar-refractivity contribution in [2.45, 2.75) is 39.5 Å². The van der Waals surface area contributed by atoms with Crippen molar-refractivity contribution >= 4 is 11.6 Å². The van der Waals surface area contributed by atoms with Crippen molar-refractivity contribution in [2.24, 2.45) is 0 Å². The minimum atomic E-state index is -2.87. The molecule has 0 atom stereocenters. The van der Waals surface area contributed by atoms with E-state index in [1.165, 1.54) is 6.07 Å². The van der Waals surface area contributed by atoms with E-state index in [0.29, 0.717) is 12.1 Å². The fraction of sp³-hybridized carbons (Fsp3) is 0.500. The van der Waals surface area contributed by atoms with Crippen LogP contribution in [0, 0.1) is 0 Å². The minimum Gasteiger partial charge on any atom is -0.433 e. The number of halogens is 3. The normalized spacial score (nSPS) is 11.9. The number of nitrogens with one attached hydrogen (secondary N) is 1. The van der Waals surface area contributed by atoms with Crippen molar-refractivity contribution < 1.29 is 13.5 Å². The van der Waals surface area contributed by atoms with Gasteiger partial charge in [-0.15, -0.1) is 0 Å². The van der Waals surface area contributed by atoms with Gasteiger partial charge < -0.3 is 10.1 Å². The van der Waals surface area contributed by atoms with E-state index in [9.17, 15) is 8.78 Å². The number of hydrogen-bond acceptors (Lipinski definition) is 2. The highest BCUT2D eigenvalue weighted by atomic mass is 35.5. The van der Waals surface area contributed by atoms with E-state index < -0.39 is 6.61 Å². The molecule has 1 N–H and O–H groups in total. The van der Waals surface area contributed by atoms with Crippen LogP contribution in [0.15, 0.2) is 18.2 Å². The maximum Gasteiger partial charge on any atom is 0.387 e. The SMILES string of the molecule is CC(C)(C)NCc1cccc(Cl)c1OC(F)F. The molecule has 0 aliphatic rings. The van der Waals surface area contributed by atoms with Crippen molar-refractivity contribution in [1.82, 2.24) is 5.32 Å². The maximum absolute atomic E-state index is 12.3. The molecular weight excluding hydrogens is 248 g/mol. The van der Waals surface area contributed by atoms with E-state index in [2.05, 4.69) is 10.1 Å². The molecule has 0 saturated heterocycles. The molecule has 0 spiro atoms. The van der Waals surface area contributed by atoms with Crippen LogP contribution < -0.4 is 10.1 Å². The molecule has 1 aromatic rings. The Labute approximate surface area is 105 Å². The summed E-state index contributed by atoms with van der Waals surface area (Å²) in [5.41, 5.74) is 0.512. The summed E-state index contributed by atoms with van der Waals surface area (Å²) in [5.74, 6) is 0.0425. The molecular formula is C12H16ClF2NO. The third-order valence-corrected chi connectivity index (χ3v) is 2.36. The Bertz CT molecular complexity index is 377. The standard InChI is InChI=1S/C12H16ClF2NO/c1-12(2,3)16-7-8-5-4-6-9(13)10(8)17-11(14)15/h4-6,11,16H,7H2,1-3H3. The predicted octanol–water partition coefficient (Wildman–Crippen LogP) is 3.83. The van der Waals surface area contributed by atoms with Gasteiger partial charge in [0.05, 0.1) is 5.02 Å². The maximum atomic E-state index is 12.3. The molecule has 0 amide bonds. The van der Waals surface area contributed by atoms with Crippen molar-refractivity contribution in [2.75, 3.05) is 0 Å². The Morgan fingerprint density at radius 1 is 1.35 bits per heavy atom. The van der Waals surface area contributed by atoms with Gasteiger partial charge in [0, 0.05) is 17.6 Å². The molecule has 5 heteroatoms. The van der Waals surface area contributed by atoms with Crippen LogP contribution in [0.2, 0.25) is 5.02 Å². The third-order valence-electron chi connectivity index (χ3n) is 2.06. The molecule has 0 fully saturated rings. The highest BCUT2D eigenvalue weighted by Gasteiger charge is 2.15. The van der Waals surface area contributed by atoms with Gasteiger partial charge in [-0.3, -0.25) is 0 Å². The largest absolute Gasteiger partial charge is 0.433 e. The molecule has 0 saturated carbocycles. The monoisotopic (exact) mass is 263 g/mol. The molecule has 1 rings (SSSR count). The lowest BCUT2D eigenvalue weighted by Crippen LogP contribution is -2.35. The van der Waals surface area contributed by atoms with Crippen LogP contribution in [-0.4, -0.2) is 12.2 Å². The lowest BCUT2D eigenvalue weighted by Gasteiger charge is -2.21. The van der Waals surface area contributed by atoms with Gasteiger partial charge in [-0.25, -0.2) is 0 Å². The van der Waals surface area contributed by atoms with Crippen LogP contribution in [0.4, 0.5) is 8.78 Å². The second-order valence-corrected chi connectivity index (χ2v) is 5.12. The highest BCUT2D eigenvalue weighted by Crippen LogP contribution is 2.30. The second-order valence-electron chi connectivity index (χ2n) is 4.71. The summed E-state index contributed by atoms with van der Waals surface area (Å²) in [6.45, 7) is 3.52. The Hall–Kier alpha value is -0.870. The van der Waals surface area contributed by atoms with Gasteiger partial charge >= 0.3 is 6.61 Å². The van der Waals surface area contributed by atoms with Gasteiger partial charge in [0.1, 0.15) is 5.75 Å². The summed E-state index contributed by atoms with van der Waals surface area (Å²) < 4.78 is 28.9. The fourth-order valence-electron chi connectivity index (χ4n) is 1.27. The minimum absolute atomic E-state index is 0.0425. The molecule has 0 aromatic heterocycles. The zero-order chi connectivity index (χ0) is 13.1. The first-order chi connectivity index (χ1) is 7.79. The van der Waals surface area contributed by atoms with Crippen LogP contribution >= 0.6 is 11.6 Å². The first-order valence-electron chi connectivity index (χ1n) is 5.27. The summed E-state index contributed by atoms with van der Waals surface area (Å²) in [5, 5.41) is 3.39. The van der Waals surface area contributed by atoms with Crippen LogP contribution in [0.25, 0.3) is 0 Å². The summed E-state index contributed by atoms with van der Waals surface area (Å²) in [6, 6.07) is 4.95. The van der Waals surface area contributed by atoms with Gasteiger partial charge in [-0.05, 0) is 26.8 Å². The lowest BCUT2D eigenvalue weighted by atomic mass is 10.1. The summed E-state index contributed by atoms with van der Waals surface area (Å²) in [7, 11) is 0. The molecule has 17 heavy (non-hydrogen) atoms. The molecule has 0 heterocycles. The second kappa shape index (κ2) is 5.65. The summed E-state index contributed by atoms with van der Waals surface area (Å²) in [4.78, 5) is 0. The van der Waals surface area contributed by atoms with Gasteiger partial charge in [-0.2, -0.15) is 8.78 Å². The van der Waals surface area contributed by atoms with Crippen molar-refractivity contribution in [3.05, 3.63) is 28.8 Å². The van der Waals surface area contributed by atoms with Crippen LogP contribution in [0.5, 0.6) is 5.75 Å². The van der Waals surface area contributed by atoms with E-state index in [4.69, 9.17) is 11.6 Å². The van der Waals surface area contributed by atoms with E-state index in [0.717, 1.165) is 0 Å². The summed E-state index contributed by atoms with van der Waals surface area (Å²) >= 11 is 5.84. The average Bonchev–Trinajstić information content (AvgIpc) is 2.17. The quantitative estimate of drug-likeness (QED) is 0.891. The molecule has 0 unspecified atom stereocenters. The van der Waals surface area contributed by atoms with E-state index in [-0.39, 0.29) is 16.3 Å². The molecule has 96 valence electrons. The zero-order valence-electron chi connectivity index (χ0n) is 10.1.